The van der Waals surface area contributed by atoms with E-state index in [9.17, 15) is 9.59 Å². The van der Waals surface area contributed by atoms with Crippen LogP contribution in [0.1, 0.15) is 17.3 Å². The minimum Gasteiger partial charge on any atom is -0.308 e. The maximum absolute atomic E-state index is 13.2. The number of fused-ring (bicyclic) bond motifs is 1. The summed E-state index contributed by atoms with van der Waals surface area (Å²) >= 11 is 1.38. The van der Waals surface area contributed by atoms with Crippen molar-refractivity contribution in [3.8, 4) is 11.3 Å². The van der Waals surface area contributed by atoms with Crippen LogP contribution in [-0.4, -0.2) is 21.8 Å². The summed E-state index contributed by atoms with van der Waals surface area (Å²) in [4.78, 5) is 32.7. The molecule has 0 fully saturated rings. The summed E-state index contributed by atoms with van der Waals surface area (Å²) in [5.74, 6) is -0.346. The molecule has 0 saturated heterocycles. The maximum Gasteiger partial charge on any atom is 0.271 e. The molecule has 0 atom stereocenters. The van der Waals surface area contributed by atoms with Crippen molar-refractivity contribution >= 4 is 27.9 Å². The number of amides is 1. The monoisotopic (exact) mass is 375 g/mol. The van der Waals surface area contributed by atoms with Crippen LogP contribution in [0.2, 0.25) is 0 Å². The predicted octanol–water partition coefficient (Wildman–Crippen LogP) is 4.09. The van der Waals surface area contributed by atoms with Crippen molar-refractivity contribution in [2.75, 3.05) is 11.4 Å². The lowest BCUT2D eigenvalue weighted by molar-refractivity contribution is 0.0986. The fourth-order valence-electron chi connectivity index (χ4n) is 3.05. The molecule has 2 heterocycles. The summed E-state index contributed by atoms with van der Waals surface area (Å²) in [7, 11) is 0. The number of thiazole rings is 1. The van der Waals surface area contributed by atoms with Crippen LogP contribution in [0.25, 0.3) is 16.2 Å². The standard InChI is InChI=1S/C21H17N3O2S/c1-2-23(16-11-7-4-8-12-16)19(25)17-13-22-21-24(20(17)26)18(14-27-21)15-9-5-3-6-10-15/h3-14H,2H2,1H3. The van der Waals surface area contributed by atoms with Gasteiger partial charge in [0.05, 0.1) is 5.69 Å². The van der Waals surface area contributed by atoms with Gasteiger partial charge < -0.3 is 4.90 Å². The Balaban J connectivity index is 1.84. The van der Waals surface area contributed by atoms with Crippen LogP contribution in [0.15, 0.2) is 77.0 Å². The smallest absolute Gasteiger partial charge is 0.271 e. The third-order valence-corrected chi connectivity index (χ3v) is 5.21. The Hall–Kier alpha value is -3.25. The van der Waals surface area contributed by atoms with E-state index in [1.807, 2.05) is 73.0 Å². The molecule has 27 heavy (non-hydrogen) atoms. The van der Waals surface area contributed by atoms with Gasteiger partial charge in [0, 0.05) is 23.8 Å². The Kier molecular flexibility index (Phi) is 4.56. The zero-order valence-electron chi connectivity index (χ0n) is 14.7. The summed E-state index contributed by atoms with van der Waals surface area (Å²) in [5.41, 5.74) is 2.12. The Labute approximate surface area is 160 Å². The normalized spacial score (nSPS) is 10.9. The van der Waals surface area contributed by atoms with Gasteiger partial charge in [-0.1, -0.05) is 48.5 Å². The highest BCUT2D eigenvalue weighted by Crippen LogP contribution is 2.24. The Morgan fingerprint density at radius 1 is 1.07 bits per heavy atom. The number of hydrogen-bond donors (Lipinski definition) is 0. The van der Waals surface area contributed by atoms with Crippen molar-refractivity contribution in [3.05, 3.63) is 88.2 Å². The molecule has 4 rings (SSSR count). The van der Waals surface area contributed by atoms with Crippen LogP contribution < -0.4 is 10.5 Å². The molecule has 0 aliphatic carbocycles. The lowest BCUT2D eigenvalue weighted by atomic mass is 10.2. The fourth-order valence-corrected chi connectivity index (χ4v) is 3.91. The first kappa shape index (κ1) is 17.2. The summed E-state index contributed by atoms with van der Waals surface area (Å²) in [5, 5.41) is 1.89. The Morgan fingerprint density at radius 3 is 2.41 bits per heavy atom. The molecular formula is C21H17N3O2S. The molecule has 0 saturated carbocycles. The first-order chi connectivity index (χ1) is 13.2. The van der Waals surface area contributed by atoms with E-state index in [0.29, 0.717) is 11.5 Å². The number of anilines is 1. The molecule has 6 heteroatoms. The molecule has 5 nitrogen and oxygen atoms in total. The van der Waals surface area contributed by atoms with Crippen molar-refractivity contribution < 1.29 is 4.79 Å². The van der Waals surface area contributed by atoms with E-state index in [2.05, 4.69) is 4.98 Å². The van der Waals surface area contributed by atoms with E-state index in [1.165, 1.54) is 21.9 Å². The van der Waals surface area contributed by atoms with Crippen molar-refractivity contribution in [1.29, 1.82) is 0 Å². The van der Waals surface area contributed by atoms with E-state index < -0.39 is 0 Å². The number of aromatic nitrogens is 2. The molecule has 0 aliphatic rings. The maximum atomic E-state index is 13.2. The van der Waals surface area contributed by atoms with Gasteiger partial charge in [-0.25, -0.2) is 4.98 Å². The van der Waals surface area contributed by atoms with Gasteiger partial charge in [0.25, 0.3) is 11.5 Å². The van der Waals surface area contributed by atoms with Crippen LogP contribution in [0.3, 0.4) is 0 Å². The Bertz CT molecular complexity index is 1150. The summed E-state index contributed by atoms with van der Waals surface area (Å²) in [6, 6.07) is 19.0. The van der Waals surface area contributed by atoms with Gasteiger partial charge in [-0.05, 0) is 24.6 Å². The predicted molar refractivity (Wildman–Crippen MR) is 109 cm³/mol. The highest BCUT2D eigenvalue weighted by Gasteiger charge is 2.22. The zero-order chi connectivity index (χ0) is 18.8. The van der Waals surface area contributed by atoms with E-state index in [-0.39, 0.29) is 17.0 Å². The zero-order valence-corrected chi connectivity index (χ0v) is 15.5. The summed E-state index contributed by atoms with van der Waals surface area (Å²) in [6.07, 6.45) is 1.39. The SMILES string of the molecule is CCN(C(=O)c1cnc2scc(-c3ccccc3)n2c1=O)c1ccccc1. The van der Waals surface area contributed by atoms with Gasteiger partial charge in [0.15, 0.2) is 4.96 Å². The van der Waals surface area contributed by atoms with Gasteiger partial charge in [0.1, 0.15) is 5.56 Å². The van der Waals surface area contributed by atoms with Crippen molar-refractivity contribution in [2.45, 2.75) is 6.92 Å². The van der Waals surface area contributed by atoms with Crippen molar-refractivity contribution in [1.82, 2.24) is 9.38 Å². The second kappa shape index (κ2) is 7.17. The molecule has 0 radical (unpaired) electrons. The van der Waals surface area contributed by atoms with Crippen molar-refractivity contribution in [3.63, 3.8) is 0 Å². The van der Waals surface area contributed by atoms with Crippen LogP contribution in [-0.2, 0) is 0 Å². The number of carbonyl (C=O) groups is 1. The average molecular weight is 375 g/mol. The molecule has 1 amide bonds. The number of hydrogen-bond acceptors (Lipinski definition) is 4. The first-order valence-electron chi connectivity index (χ1n) is 8.62. The van der Waals surface area contributed by atoms with E-state index in [4.69, 9.17) is 0 Å². The quantitative estimate of drug-likeness (QED) is 0.540. The number of nitrogens with zero attached hydrogens (tertiary/aromatic N) is 3. The first-order valence-corrected chi connectivity index (χ1v) is 9.50. The molecule has 4 aromatic rings. The molecule has 0 aliphatic heterocycles. The number of para-hydroxylation sites is 1. The molecule has 2 aromatic heterocycles. The van der Waals surface area contributed by atoms with Gasteiger partial charge in [-0.2, -0.15) is 0 Å². The van der Waals surface area contributed by atoms with Crippen LogP contribution in [0.4, 0.5) is 5.69 Å². The molecule has 2 aromatic carbocycles. The van der Waals surface area contributed by atoms with Crippen LogP contribution >= 0.6 is 11.3 Å². The van der Waals surface area contributed by atoms with E-state index in [1.54, 1.807) is 4.90 Å². The highest BCUT2D eigenvalue weighted by atomic mass is 32.1. The third kappa shape index (κ3) is 3.04. The van der Waals surface area contributed by atoms with Gasteiger partial charge in [-0.15, -0.1) is 11.3 Å². The van der Waals surface area contributed by atoms with Gasteiger partial charge in [-0.3, -0.25) is 14.0 Å². The highest BCUT2D eigenvalue weighted by molar-refractivity contribution is 7.15. The average Bonchev–Trinajstić information content (AvgIpc) is 3.15. The van der Waals surface area contributed by atoms with E-state index in [0.717, 1.165) is 16.9 Å². The number of benzene rings is 2. The van der Waals surface area contributed by atoms with Crippen molar-refractivity contribution in [2.24, 2.45) is 0 Å². The minimum atomic E-state index is -0.348. The second-order valence-corrected chi connectivity index (χ2v) is 6.80. The fraction of sp³-hybridized carbons (Fsp3) is 0.0952. The lowest BCUT2D eigenvalue weighted by Crippen LogP contribution is -2.35. The van der Waals surface area contributed by atoms with E-state index >= 15 is 0 Å². The minimum absolute atomic E-state index is 0.0637. The number of rotatable bonds is 4. The Morgan fingerprint density at radius 2 is 1.74 bits per heavy atom. The molecule has 0 unspecified atom stereocenters. The van der Waals surface area contributed by atoms with Crippen LogP contribution in [0.5, 0.6) is 0 Å². The van der Waals surface area contributed by atoms with Gasteiger partial charge >= 0.3 is 0 Å². The topological polar surface area (TPSA) is 54.7 Å². The lowest BCUT2D eigenvalue weighted by Gasteiger charge is -2.20. The van der Waals surface area contributed by atoms with Crippen LogP contribution in [0, 0.1) is 0 Å². The largest absolute Gasteiger partial charge is 0.308 e. The van der Waals surface area contributed by atoms with Gasteiger partial charge in [0.2, 0.25) is 0 Å². The molecule has 0 bridgehead atoms. The molecular weight excluding hydrogens is 358 g/mol. The summed E-state index contributed by atoms with van der Waals surface area (Å²) in [6.45, 7) is 2.34. The molecule has 0 N–H and O–H groups in total. The molecule has 134 valence electrons. The number of carbonyl (C=O) groups excluding carboxylic acids is 1. The molecule has 0 spiro atoms. The summed E-state index contributed by atoms with van der Waals surface area (Å²) < 4.78 is 1.52. The second-order valence-electron chi connectivity index (χ2n) is 5.97. The third-order valence-electron chi connectivity index (χ3n) is 4.37.